The van der Waals surface area contributed by atoms with E-state index in [-0.39, 0.29) is 5.60 Å². The van der Waals surface area contributed by atoms with Crippen LogP contribution in [0.2, 0.25) is 0 Å². The SMILES string of the molecule is Cn1nccc1C1NCCOC12CCSC2. The Kier molecular flexibility index (Phi) is 2.69. The van der Waals surface area contributed by atoms with Gasteiger partial charge in [-0.3, -0.25) is 4.68 Å². The Hall–Kier alpha value is -0.520. The highest BCUT2D eigenvalue weighted by atomic mass is 32.2. The van der Waals surface area contributed by atoms with E-state index in [0.717, 1.165) is 25.3 Å². The molecule has 1 aromatic heterocycles. The highest BCUT2D eigenvalue weighted by Crippen LogP contribution is 2.42. The Balaban J connectivity index is 1.94. The van der Waals surface area contributed by atoms with Crippen LogP contribution < -0.4 is 5.32 Å². The summed E-state index contributed by atoms with van der Waals surface area (Å²) in [6.07, 6.45) is 3.00. The van der Waals surface area contributed by atoms with Gasteiger partial charge in [0.25, 0.3) is 0 Å². The molecule has 0 aliphatic carbocycles. The molecule has 3 heterocycles. The number of aryl methyl sites for hydroxylation is 1. The molecular formula is C11H17N3OS. The van der Waals surface area contributed by atoms with Gasteiger partial charge in [0.1, 0.15) is 0 Å². The van der Waals surface area contributed by atoms with Gasteiger partial charge in [0, 0.05) is 25.5 Å². The number of nitrogens with zero attached hydrogens (tertiary/aromatic N) is 2. The molecule has 4 nitrogen and oxygen atoms in total. The monoisotopic (exact) mass is 239 g/mol. The minimum atomic E-state index is -0.00326. The van der Waals surface area contributed by atoms with Gasteiger partial charge < -0.3 is 10.1 Å². The molecule has 0 aromatic carbocycles. The van der Waals surface area contributed by atoms with Gasteiger partial charge in [-0.2, -0.15) is 16.9 Å². The Labute approximate surface area is 99.7 Å². The van der Waals surface area contributed by atoms with E-state index in [0.29, 0.717) is 6.04 Å². The fourth-order valence-electron chi connectivity index (χ4n) is 2.67. The van der Waals surface area contributed by atoms with Gasteiger partial charge in [0.15, 0.2) is 0 Å². The molecule has 0 bridgehead atoms. The summed E-state index contributed by atoms with van der Waals surface area (Å²) in [7, 11) is 2.00. The highest BCUT2D eigenvalue weighted by Gasteiger charge is 2.46. The standard InChI is InChI=1S/C11H17N3OS/c1-14-9(2-4-13-14)10-11(3-7-16-8-11)15-6-5-12-10/h2,4,10,12H,3,5-8H2,1H3. The summed E-state index contributed by atoms with van der Waals surface area (Å²) >= 11 is 1.99. The lowest BCUT2D eigenvalue weighted by molar-refractivity contribution is -0.0814. The molecule has 3 rings (SSSR count). The normalized spacial score (nSPS) is 34.7. The van der Waals surface area contributed by atoms with E-state index >= 15 is 0 Å². The molecule has 0 saturated carbocycles. The summed E-state index contributed by atoms with van der Waals surface area (Å²) in [6, 6.07) is 2.39. The zero-order chi connectivity index (χ0) is 11.0. The van der Waals surface area contributed by atoms with E-state index < -0.39 is 0 Å². The number of nitrogens with one attached hydrogen (secondary N) is 1. The molecule has 2 atom stereocenters. The van der Waals surface area contributed by atoms with Crippen molar-refractivity contribution in [2.75, 3.05) is 24.7 Å². The smallest absolute Gasteiger partial charge is 0.0989 e. The summed E-state index contributed by atoms with van der Waals surface area (Å²) in [6.45, 7) is 1.76. The van der Waals surface area contributed by atoms with E-state index in [1.807, 2.05) is 29.7 Å². The third kappa shape index (κ3) is 1.58. The van der Waals surface area contributed by atoms with Crippen molar-refractivity contribution in [2.45, 2.75) is 18.1 Å². The van der Waals surface area contributed by atoms with Crippen molar-refractivity contribution in [3.8, 4) is 0 Å². The largest absolute Gasteiger partial charge is 0.371 e. The van der Waals surface area contributed by atoms with E-state index in [9.17, 15) is 0 Å². The van der Waals surface area contributed by atoms with Crippen molar-refractivity contribution in [3.05, 3.63) is 18.0 Å². The number of morpholine rings is 1. The number of thioether (sulfide) groups is 1. The number of hydrogen-bond acceptors (Lipinski definition) is 4. The first-order valence-electron chi connectivity index (χ1n) is 5.75. The van der Waals surface area contributed by atoms with Crippen LogP contribution in [0.4, 0.5) is 0 Å². The van der Waals surface area contributed by atoms with Crippen molar-refractivity contribution in [1.82, 2.24) is 15.1 Å². The van der Waals surface area contributed by atoms with Gasteiger partial charge in [0.2, 0.25) is 0 Å². The van der Waals surface area contributed by atoms with Gasteiger partial charge in [-0.1, -0.05) is 0 Å². The van der Waals surface area contributed by atoms with Crippen LogP contribution in [0.15, 0.2) is 12.3 Å². The average Bonchev–Trinajstić information content (AvgIpc) is 2.90. The van der Waals surface area contributed by atoms with Crippen molar-refractivity contribution < 1.29 is 4.74 Å². The van der Waals surface area contributed by atoms with Crippen LogP contribution in [0.25, 0.3) is 0 Å². The van der Waals surface area contributed by atoms with Crippen LogP contribution in [0.1, 0.15) is 18.2 Å². The number of aromatic nitrogens is 2. The molecule has 2 aliphatic rings. The molecule has 2 aliphatic heterocycles. The van der Waals surface area contributed by atoms with Gasteiger partial charge in [-0.05, 0) is 18.2 Å². The second-order valence-corrected chi connectivity index (χ2v) is 5.59. The second kappa shape index (κ2) is 4.05. The molecule has 0 radical (unpaired) electrons. The van der Waals surface area contributed by atoms with Crippen molar-refractivity contribution in [3.63, 3.8) is 0 Å². The Morgan fingerprint density at radius 2 is 2.62 bits per heavy atom. The zero-order valence-corrected chi connectivity index (χ0v) is 10.3. The Bertz CT molecular complexity index is 373. The van der Waals surface area contributed by atoms with Crippen molar-refractivity contribution in [1.29, 1.82) is 0 Å². The van der Waals surface area contributed by atoms with Crippen LogP contribution in [0, 0.1) is 0 Å². The predicted octanol–water partition coefficient (Wildman–Crippen LogP) is 0.957. The van der Waals surface area contributed by atoms with Crippen molar-refractivity contribution >= 4 is 11.8 Å². The van der Waals surface area contributed by atoms with E-state index in [1.165, 1.54) is 11.4 Å². The summed E-state index contributed by atoms with van der Waals surface area (Å²) in [5.41, 5.74) is 1.23. The lowest BCUT2D eigenvalue weighted by atomic mass is 9.89. The quantitative estimate of drug-likeness (QED) is 0.792. The molecule has 16 heavy (non-hydrogen) atoms. The Morgan fingerprint density at radius 3 is 3.31 bits per heavy atom. The van der Waals surface area contributed by atoms with Crippen LogP contribution in [0.3, 0.4) is 0 Å². The minimum absolute atomic E-state index is 0.00326. The summed E-state index contributed by atoms with van der Waals surface area (Å²) < 4.78 is 8.05. The second-order valence-electron chi connectivity index (χ2n) is 4.48. The Morgan fingerprint density at radius 1 is 1.69 bits per heavy atom. The van der Waals surface area contributed by atoms with Crippen LogP contribution in [-0.2, 0) is 11.8 Å². The molecule has 88 valence electrons. The molecule has 1 N–H and O–H groups in total. The van der Waals surface area contributed by atoms with Gasteiger partial charge in [-0.15, -0.1) is 0 Å². The van der Waals surface area contributed by atoms with E-state index in [4.69, 9.17) is 4.74 Å². The molecular weight excluding hydrogens is 222 g/mol. The summed E-state index contributed by atoms with van der Waals surface area (Å²) in [5.74, 6) is 2.30. The zero-order valence-electron chi connectivity index (χ0n) is 9.48. The fourth-order valence-corrected chi connectivity index (χ4v) is 4.05. The maximum Gasteiger partial charge on any atom is 0.0989 e. The third-order valence-electron chi connectivity index (χ3n) is 3.54. The molecule has 1 aromatic rings. The average molecular weight is 239 g/mol. The fraction of sp³-hybridized carbons (Fsp3) is 0.727. The van der Waals surface area contributed by atoms with Crippen molar-refractivity contribution in [2.24, 2.45) is 7.05 Å². The lowest BCUT2D eigenvalue weighted by Crippen LogP contribution is -2.53. The summed E-state index contributed by atoms with van der Waals surface area (Å²) in [5, 5.41) is 7.86. The van der Waals surface area contributed by atoms with Gasteiger partial charge in [-0.25, -0.2) is 0 Å². The summed E-state index contributed by atoms with van der Waals surface area (Å²) in [4.78, 5) is 0. The van der Waals surface area contributed by atoms with E-state index in [2.05, 4.69) is 16.5 Å². The molecule has 2 saturated heterocycles. The predicted molar refractivity (Wildman–Crippen MR) is 64.6 cm³/mol. The third-order valence-corrected chi connectivity index (χ3v) is 4.72. The van der Waals surface area contributed by atoms with Crippen LogP contribution in [-0.4, -0.2) is 40.0 Å². The van der Waals surface area contributed by atoms with Gasteiger partial charge in [0.05, 0.1) is 23.9 Å². The number of rotatable bonds is 1. The van der Waals surface area contributed by atoms with Crippen LogP contribution >= 0.6 is 11.8 Å². The highest BCUT2D eigenvalue weighted by molar-refractivity contribution is 7.99. The maximum absolute atomic E-state index is 6.09. The first-order valence-corrected chi connectivity index (χ1v) is 6.90. The lowest BCUT2D eigenvalue weighted by Gasteiger charge is -2.41. The van der Waals surface area contributed by atoms with Crippen LogP contribution in [0.5, 0.6) is 0 Å². The first-order chi connectivity index (χ1) is 7.82. The molecule has 5 heteroatoms. The molecule has 0 amide bonds. The van der Waals surface area contributed by atoms with E-state index in [1.54, 1.807) is 0 Å². The topological polar surface area (TPSA) is 39.1 Å². The minimum Gasteiger partial charge on any atom is -0.371 e. The van der Waals surface area contributed by atoms with Gasteiger partial charge >= 0.3 is 0 Å². The maximum atomic E-state index is 6.09. The molecule has 2 fully saturated rings. The number of hydrogen-bond donors (Lipinski definition) is 1. The molecule has 2 unspecified atom stereocenters. The first kappa shape index (κ1) is 10.6. The number of ether oxygens (including phenoxy) is 1. The molecule has 1 spiro atoms.